The van der Waals surface area contributed by atoms with Gasteiger partial charge in [0.1, 0.15) is 0 Å². The van der Waals surface area contributed by atoms with Crippen molar-refractivity contribution in [3.05, 3.63) is 29.3 Å². The van der Waals surface area contributed by atoms with Gasteiger partial charge in [0.05, 0.1) is 5.69 Å². The van der Waals surface area contributed by atoms with Crippen LogP contribution in [0.15, 0.2) is 18.2 Å². The second kappa shape index (κ2) is 4.66. The molecule has 1 heterocycles. The molecule has 1 fully saturated rings. The number of piperidine rings is 1. The molecule has 86 valence electrons. The zero-order valence-electron chi connectivity index (χ0n) is 9.65. The van der Waals surface area contributed by atoms with Crippen molar-refractivity contribution in [2.75, 3.05) is 18.0 Å². The summed E-state index contributed by atoms with van der Waals surface area (Å²) in [6, 6.07) is 6.07. The monoisotopic (exact) mass is 218 g/mol. The summed E-state index contributed by atoms with van der Waals surface area (Å²) in [6.07, 6.45) is 3.12. The number of benzene rings is 1. The molecule has 0 aromatic heterocycles. The number of carbonyl (C=O) groups is 1. The third-order valence-electron chi connectivity index (χ3n) is 3.17. The predicted molar refractivity (Wildman–Crippen MR) is 66.0 cm³/mol. The van der Waals surface area contributed by atoms with Crippen LogP contribution in [-0.2, 0) is 0 Å². The number of hydrogen-bond acceptors (Lipinski definition) is 3. The lowest BCUT2D eigenvalue weighted by Gasteiger charge is -2.34. The van der Waals surface area contributed by atoms with E-state index in [0.29, 0.717) is 0 Å². The second-order valence-electron chi connectivity index (χ2n) is 4.48. The Morgan fingerprint density at radius 3 is 3.00 bits per heavy atom. The zero-order chi connectivity index (χ0) is 11.5. The third-order valence-corrected chi connectivity index (χ3v) is 3.17. The maximum Gasteiger partial charge on any atom is 0.152 e. The van der Waals surface area contributed by atoms with E-state index in [2.05, 4.69) is 4.90 Å². The minimum Gasteiger partial charge on any atom is -0.369 e. The summed E-state index contributed by atoms with van der Waals surface area (Å²) in [7, 11) is 0. The van der Waals surface area contributed by atoms with E-state index in [1.54, 1.807) is 0 Å². The van der Waals surface area contributed by atoms with Gasteiger partial charge in [0.25, 0.3) is 0 Å². The van der Waals surface area contributed by atoms with E-state index in [9.17, 15) is 4.79 Å². The van der Waals surface area contributed by atoms with Crippen molar-refractivity contribution in [3.63, 3.8) is 0 Å². The molecular formula is C13H18N2O. The molecule has 0 unspecified atom stereocenters. The van der Waals surface area contributed by atoms with Crippen LogP contribution in [0.3, 0.4) is 0 Å². The number of anilines is 1. The number of hydrogen-bond donors (Lipinski definition) is 1. The first-order valence-electron chi connectivity index (χ1n) is 5.77. The normalized spacial score (nSPS) is 20.9. The van der Waals surface area contributed by atoms with Crippen LogP contribution < -0.4 is 10.6 Å². The summed E-state index contributed by atoms with van der Waals surface area (Å²) >= 11 is 0. The number of nitrogens with two attached hydrogens (primary N) is 1. The smallest absolute Gasteiger partial charge is 0.152 e. The molecular weight excluding hydrogens is 200 g/mol. The van der Waals surface area contributed by atoms with Crippen molar-refractivity contribution in [1.82, 2.24) is 0 Å². The minimum absolute atomic E-state index is 0.229. The van der Waals surface area contributed by atoms with E-state index < -0.39 is 0 Å². The average molecular weight is 218 g/mol. The summed E-state index contributed by atoms with van der Waals surface area (Å²) in [6.45, 7) is 3.90. The van der Waals surface area contributed by atoms with Crippen LogP contribution in [0, 0.1) is 6.92 Å². The lowest BCUT2D eigenvalue weighted by Crippen LogP contribution is -2.43. The van der Waals surface area contributed by atoms with E-state index >= 15 is 0 Å². The number of aldehydes is 1. The molecule has 1 aromatic rings. The van der Waals surface area contributed by atoms with Gasteiger partial charge in [-0.15, -0.1) is 0 Å². The molecule has 1 saturated heterocycles. The highest BCUT2D eigenvalue weighted by molar-refractivity contribution is 5.86. The minimum atomic E-state index is 0.229. The van der Waals surface area contributed by atoms with E-state index in [0.717, 1.165) is 49.0 Å². The zero-order valence-corrected chi connectivity index (χ0v) is 9.65. The molecule has 3 heteroatoms. The van der Waals surface area contributed by atoms with Gasteiger partial charge in [0.2, 0.25) is 0 Å². The van der Waals surface area contributed by atoms with Crippen LogP contribution in [0.25, 0.3) is 0 Å². The van der Waals surface area contributed by atoms with Crippen LogP contribution in [0.5, 0.6) is 0 Å². The molecule has 1 aliphatic rings. The molecule has 1 atom stereocenters. The maximum atomic E-state index is 11.0. The van der Waals surface area contributed by atoms with Crippen LogP contribution in [0.1, 0.15) is 28.8 Å². The summed E-state index contributed by atoms with van der Waals surface area (Å²) in [5.74, 6) is 0. The maximum absolute atomic E-state index is 11.0. The van der Waals surface area contributed by atoms with E-state index in [1.165, 1.54) is 0 Å². The van der Waals surface area contributed by atoms with Crippen molar-refractivity contribution >= 4 is 12.0 Å². The Labute approximate surface area is 96.2 Å². The Balaban J connectivity index is 2.34. The predicted octanol–water partition coefficient (Wildman–Crippen LogP) is 1.74. The van der Waals surface area contributed by atoms with Gasteiger partial charge in [-0.1, -0.05) is 12.1 Å². The van der Waals surface area contributed by atoms with E-state index in [1.807, 2.05) is 25.1 Å². The number of para-hydroxylation sites is 1. The van der Waals surface area contributed by atoms with Crippen LogP contribution in [0.4, 0.5) is 5.69 Å². The molecule has 2 N–H and O–H groups in total. The summed E-state index contributed by atoms with van der Waals surface area (Å²) in [4.78, 5) is 13.3. The Kier molecular flexibility index (Phi) is 3.25. The highest BCUT2D eigenvalue weighted by Crippen LogP contribution is 2.26. The third kappa shape index (κ3) is 2.09. The fourth-order valence-corrected chi connectivity index (χ4v) is 2.42. The number of aryl methyl sites for hydroxylation is 1. The molecule has 3 nitrogen and oxygen atoms in total. The standard InChI is InChI=1S/C13H18N2O/c1-10-4-2-5-11(9-16)13(10)15-7-3-6-12(14)8-15/h2,4-5,9,12H,3,6-8,14H2,1H3/t12-/m1/s1. The number of carbonyl (C=O) groups excluding carboxylic acids is 1. The Morgan fingerprint density at radius 1 is 1.50 bits per heavy atom. The van der Waals surface area contributed by atoms with Gasteiger partial charge in [0.15, 0.2) is 6.29 Å². The van der Waals surface area contributed by atoms with Gasteiger partial charge in [-0.3, -0.25) is 4.79 Å². The second-order valence-corrected chi connectivity index (χ2v) is 4.48. The first kappa shape index (κ1) is 11.1. The Bertz CT molecular complexity index is 390. The molecule has 1 aromatic carbocycles. The van der Waals surface area contributed by atoms with Crippen molar-refractivity contribution in [2.24, 2.45) is 5.73 Å². The average Bonchev–Trinajstić information content (AvgIpc) is 2.28. The largest absolute Gasteiger partial charge is 0.369 e. The molecule has 0 bridgehead atoms. The molecule has 0 saturated carbocycles. The van der Waals surface area contributed by atoms with Crippen molar-refractivity contribution in [2.45, 2.75) is 25.8 Å². The van der Waals surface area contributed by atoms with Crippen LogP contribution in [0.2, 0.25) is 0 Å². The van der Waals surface area contributed by atoms with Gasteiger partial charge >= 0.3 is 0 Å². The fourth-order valence-electron chi connectivity index (χ4n) is 2.42. The lowest BCUT2D eigenvalue weighted by atomic mass is 10.0. The first-order chi connectivity index (χ1) is 7.72. The molecule has 1 aliphatic heterocycles. The first-order valence-corrected chi connectivity index (χ1v) is 5.77. The van der Waals surface area contributed by atoms with Crippen molar-refractivity contribution in [3.8, 4) is 0 Å². The Morgan fingerprint density at radius 2 is 2.31 bits per heavy atom. The van der Waals surface area contributed by atoms with Crippen LogP contribution >= 0.6 is 0 Å². The summed E-state index contributed by atoms with van der Waals surface area (Å²) < 4.78 is 0. The van der Waals surface area contributed by atoms with Gasteiger partial charge in [-0.05, 0) is 31.4 Å². The summed E-state index contributed by atoms with van der Waals surface area (Å²) in [5, 5.41) is 0. The van der Waals surface area contributed by atoms with Gasteiger partial charge in [-0.25, -0.2) is 0 Å². The highest BCUT2D eigenvalue weighted by Gasteiger charge is 2.20. The molecule has 0 spiro atoms. The SMILES string of the molecule is Cc1cccc(C=O)c1N1CCC[C@@H](N)C1. The summed E-state index contributed by atoms with van der Waals surface area (Å²) in [5.41, 5.74) is 8.96. The van der Waals surface area contributed by atoms with E-state index in [-0.39, 0.29) is 6.04 Å². The number of nitrogens with zero attached hydrogens (tertiary/aromatic N) is 1. The quantitative estimate of drug-likeness (QED) is 0.769. The van der Waals surface area contributed by atoms with Crippen molar-refractivity contribution in [1.29, 1.82) is 0 Å². The number of rotatable bonds is 2. The fraction of sp³-hybridized carbons (Fsp3) is 0.462. The molecule has 0 aliphatic carbocycles. The topological polar surface area (TPSA) is 46.3 Å². The molecule has 16 heavy (non-hydrogen) atoms. The van der Waals surface area contributed by atoms with Crippen LogP contribution in [-0.4, -0.2) is 25.4 Å². The molecule has 0 radical (unpaired) electrons. The molecule has 0 amide bonds. The van der Waals surface area contributed by atoms with Gasteiger partial charge < -0.3 is 10.6 Å². The lowest BCUT2D eigenvalue weighted by molar-refractivity contribution is 0.112. The molecule has 2 rings (SSSR count). The van der Waals surface area contributed by atoms with E-state index in [4.69, 9.17) is 5.73 Å². The van der Waals surface area contributed by atoms with Gasteiger partial charge in [0, 0.05) is 24.7 Å². The Hall–Kier alpha value is -1.35. The van der Waals surface area contributed by atoms with Crippen molar-refractivity contribution < 1.29 is 4.79 Å². The van der Waals surface area contributed by atoms with Gasteiger partial charge in [-0.2, -0.15) is 0 Å². The highest BCUT2D eigenvalue weighted by atomic mass is 16.1.